The van der Waals surface area contributed by atoms with Crippen molar-refractivity contribution in [1.29, 1.82) is 0 Å². The Morgan fingerprint density at radius 2 is 2.06 bits per heavy atom. The third-order valence-corrected chi connectivity index (χ3v) is 2.41. The summed E-state index contributed by atoms with van der Waals surface area (Å²) in [6.45, 7) is 3.01. The van der Waals surface area contributed by atoms with E-state index in [1.807, 2.05) is 47.3 Å². The highest BCUT2D eigenvalue weighted by Crippen LogP contribution is 2.06. The molecule has 0 amide bonds. The zero-order valence-corrected chi connectivity index (χ0v) is 9.87. The molecular formula is C13H17N3O. The van der Waals surface area contributed by atoms with E-state index in [-0.39, 0.29) is 6.10 Å². The molecule has 90 valence electrons. The average Bonchev–Trinajstić information content (AvgIpc) is 2.78. The van der Waals surface area contributed by atoms with Gasteiger partial charge in [-0.3, -0.25) is 0 Å². The lowest BCUT2D eigenvalue weighted by Gasteiger charge is -2.04. The summed E-state index contributed by atoms with van der Waals surface area (Å²) >= 11 is 0. The maximum absolute atomic E-state index is 9.13. The SMILES string of the molecule is CC(O)CNCc1ccn(-c2ccccc2)n1. The maximum atomic E-state index is 9.13. The van der Waals surface area contributed by atoms with Crippen LogP contribution in [0.2, 0.25) is 0 Å². The zero-order valence-electron chi connectivity index (χ0n) is 9.87. The van der Waals surface area contributed by atoms with Gasteiger partial charge in [0, 0.05) is 19.3 Å². The number of nitrogens with zero attached hydrogens (tertiary/aromatic N) is 2. The van der Waals surface area contributed by atoms with Gasteiger partial charge in [-0.2, -0.15) is 5.10 Å². The van der Waals surface area contributed by atoms with Crippen LogP contribution in [-0.4, -0.2) is 27.5 Å². The van der Waals surface area contributed by atoms with Gasteiger partial charge in [-0.1, -0.05) is 18.2 Å². The lowest BCUT2D eigenvalue weighted by atomic mass is 10.3. The third kappa shape index (κ3) is 3.41. The van der Waals surface area contributed by atoms with Gasteiger partial charge >= 0.3 is 0 Å². The van der Waals surface area contributed by atoms with Crippen molar-refractivity contribution in [2.75, 3.05) is 6.54 Å². The Hall–Kier alpha value is -1.65. The number of aliphatic hydroxyl groups is 1. The van der Waals surface area contributed by atoms with Crippen LogP contribution < -0.4 is 5.32 Å². The summed E-state index contributed by atoms with van der Waals surface area (Å²) < 4.78 is 1.85. The number of hydrogen-bond donors (Lipinski definition) is 2. The van der Waals surface area contributed by atoms with Crippen molar-refractivity contribution in [3.63, 3.8) is 0 Å². The fourth-order valence-corrected chi connectivity index (χ4v) is 1.59. The first-order valence-electron chi connectivity index (χ1n) is 5.74. The van der Waals surface area contributed by atoms with Crippen LogP contribution in [-0.2, 0) is 6.54 Å². The largest absolute Gasteiger partial charge is 0.392 e. The number of para-hydroxylation sites is 1. The van der Waals surface area contributed by atoms with Crippen LogP contribution in [0.5, 0.6) is 0 Å². The molecule has 0 saturated carbocycles. The first kappa shape index (κ1) is 11.8. The summed E-state index contributed by atoms with van der Waals surface area (Å²) in [6, 6.07) is 12.0. The van der Waals surface area contributed by atoms with Gasteiger partial charge in [0.25, 0.3) is 0 Å². The van der Waals surface area contributed by atoms with Gasteiger partial charge < -0.3 is 10.4 Å². The number of aromatic nitrogens is 2. The van der Waals surface area contributed by atoms with E-state index >= 15 is 0 Å². The van der Waals surface area contributed by atoms with Gasteiger partial charge in [-0.05, 0) is 25.1 Å². The summed E-state index contributed by atoms with van der Waals surface area (Å²) in [6.07, 6.45) is 1.61. The third-order valence-electron chi connectivity index (χ3n) is 2.41. The molecule has 2 rings (SSSR count). The molecule has 0 fully saturated rings. The second-order valence-corrected chi connectivity index (χ2v) is 4.07. The van der Waals surface area contributed by atoms with Crippen molar-refractivity contribution in [3.05, 3.63) is 48.3 Å². The molecule has 4 nitrogen and oxygen atoms in total. The Kier molecular flexibility index (Phi) is 3.90. The summed E-state index contributed by atoms with van der Waals surface area (Å²) in [5.74, 6) is 0. The Morgan fingerprint density at radius 3 is 2.76 bits per heavy atom. The second kappa shape index (κ2) is 5.61. The minimum Gasteiger partial charge on any atom is -0.392 e. The molecule has 1 atom stereocenters. The summed E-state index contributed by atoms with van der Waals surface area (Å²) in [5, 5.41) is 16.7. The van der Waals surface area contributed by atoms with E-state index in [0.29, 0.717) is 13.1 Å². The van der Waals surface area contributed by atoms with Gasteiger partial charge in [0.05, 0.1) is 17.5 Å². The molecule has 1 aromatic carbocycles. The van der Waals surface area contributed by atoms with Gasteiger partial charge in [-0.15, -0.1) is 0 Å². The van der Waals surface area contributed by atoms with Crippen LogP contribution in [0.15, 0.2) is 42.6 Å². The van der Waals surface area contributed by atoms with Crippen LogP contribution in [0.3, 0.4) is 0 Å². The minimum atomic E-state index is -0.328. The molecular weight excluding hydrogens is 214 g/mol. The monoisotopic (exact) mass is 231 g/mol. The van der Waals surface area contributed by atoms with Crippen molar-refractivity contribution >= 4 is 0 Å². The number of hydrogen-bond acceptors (Lipinski definition) is 3. The second-order valence-electron chi connectivity index (χ2n) is 4.07. The molecule has 1 unspecified atom stereocenters. The highest BCUT2D eigenvalue weighted by atomic mass is 16.3. The molecule has 0 radical (unpaired) electrons. The normalized spacial score (nSPS) is 12.6. The van der Waals surface area contributed by atoms with E-state index < -0.39 is 0 Å². The van der Waals surface area contributed by atoms with Crippen molar-refractivity contribution in [3.8, 4) is 5.69 Å². The topological polar surface area (TPSA) is 50.1 Å². The smallest absolute Gasteiger partial charge is 0.0766 e. The molecule has 17 heavy (non-hydrogen) atoms. The van der Waals surface area contributed by atoms with E-state index in [0.717, 1.165) is 11.4 Å². The van der Waals surface area contributed by atoms with E-state index in [9.17, 15) is 0 Å². The highest BCUT2D eigenvalue weighted by Gasteiger charge is 2.01. The molecule has 0 spiro atoms. The molecule has 2 N–H and O–H groups in total. The van der Waals surface area contributed by atoms with Crippen LogP contribution in [0.1, 0.15) is 12.6 Å². The van der Waals surface area contributed by atoms with Crippen LogP contribution in [0, 0.1) is 0 Å². The van der Waals surface area contributed by atoms with Crippen LogP contribution in [0.25, 0.3) is 5.69 Å². The lowest BCUT2D eigenvalue weighted by Crippen LogP contribution is -2.24. The molecule has 0 saturated heterocycles. The van der Waals surface area contributed by atoms with E-state index in [4.69, 9.17) is 5.11 Å². The van der Waals surface area contributed by atoms with E-state index in [2.05, 4.69) is 10.4 Å². The molecule has 2 aromatic rings. The van der Waals surface area contributed by atoms with E-state index in [1.54, 1.807) is 6.92 Å². The molecule has 1 heterocycles. The minimum absolute atomic E-state index is 0.328. The Balaban J connectivity index is 1.97. The average molecular weight is 231 g/mol. The lowest BCUT2D eigenvalue weighted by molar-refractivity contribution is 0.191. The fourth-order valence-electron chi connectivity index (χ4n) is 1.59. The Labute approximate surface area is 101 Å². The van der Waals surface area contributed by atoms with Crippen molar-refractivity contribution in [1.82, 2.24) is 15.1 Å². The number of benzene rings is 1. The van der Waals surface area contributed by atoms with Crippen molar-refractivity contribution in [2.45, 2.75) is 19.6 Å². The van der Waals surface area contributed by atoms with Gasteiger partial charge in [-0.25, -0.2) is 4.68 Å². The van der Waals surface area contributed by atoms with Crippen LogP contribution in [0.4, 0.5) is 0 Å². The predicted molar refractivity (Wildman–Crippen MR) is 67.0 cm³/mol. The van der Waals surface area contributed by atoms with Gasteiger partial charge in [0.2, 0.25) is 0 Å². The van der Waals surface area contributed by atoms with Crippen molar-refractivity contribution in [2.24, 2.45) is 0 Å². The standard InChI is InChI=1S/C13H17N3O/c1-11(17)9-14-10-12-7-8-16(15-12)13-5-3-2-4-6-13/h2-8,11,14,17H,9-10H2,1H3. The number of aliphatic hydroxyl groups excluding tert-OH is 1. The maximum Gasteiger partial charge on any atom is 0.0766 e. The zero-order chi connectivity index (χ0) is 12.1. The van der Waals surface area contributed by atoms with E-state index in [1.165, 1.54) is 0 Å². The highest BCUT2D eigenvalue weighted by molar-refractivity contribution is 5.30. The quantitative estimate of drug-likeness (QED) is 0.816. The first-order chi connectivity index (χ1) is 8.25. The molecule has 0 aliphatic carbocycles. The first-order valence-corrected chi connectivity index (χ1v) is 5.74. The Morgan fingerprint density at radius 1 is 1.29 bits per heavy atom. The van der Waals surface area contributed by atoms with Crippen molar-refractivity contribution < 1.29 is 5.11 Å². The molecule has 0 bridgehead atoms. The van der Waals surface area contributed by atoms with Crippen LogP contribution >= 0.6 is 0 Å². The Bertz CT molecular complexity index is 451. The molecule has 4 heteroatoms. The summed E-state index contributed by atoms with van der Waals surface area (Å²) in [5.41, 5.74) is 2.02. The summed E-state index contributed by atoms with van der Waals surface area (Å²) in [4.78, 5) is 0. The molecule has 0 aliphatic rings. The predicted octanol–water partition coefficient (Wildman–Crippen LogP) is 1.34. The number of nitrogens with one attached hydrogen (secondary N) is 1. The molecule has 0 aliphatic heterocycles. The summed E-state index contributed by atoms with van der Waals surface area (Å²) in [7, 11) is 0. The number of rotatable bonds is 5. The van der Waals surface area contributed by atoms with Gasteiger partial charge in [0.15, 0.2) is 0 Å². The fraction of sp³-hybridized carbons (Fsp3) is 0.308. The molecule has 1 aromatic heterocycles. The van der Waals surface area contributed by atoms with Gasteiger partial charge in [0.1, 0.15) is 0 Å².